The van der Waals surface area contributed by atoms with Gasteiger partial charge in [0.15, 0.2) is 5.69 Å². The number of carboxylic acid groups (broad SMARTS) is 1. The zero-order chi connectivity index (χ0) is 14.8. The summed E-state index contributed by atoms with van der Waals surface area (Å²) in [7, 11) is 0. The summed E-state index contributed by atoms with van der Waals surface area (Å²) in [5, 5.41) is 11.0. The zero-order valence-corrected chi connectivity index (χ0v) is 12.4. The molecule has 0 bridgehead atoms. The van der Waals surface area contributed by atoms with Gasteiger partial charge in [-0.25, -0.2) is 9.78 Å². The standard InChI is InChI=1S/C16H10BrNO3/c17-12-6-4-11-9-13(7-5-10(11)8-12)21-15-3-1-2-14(18-15)16(19)20/h1-9H,(H,19,20). The zero-order valence-electron chi connectivity index (χ0n) is 10.8. The first-order chi connectivity index (χ1) is 10.1. The lowest BCUT2D eigenvalue weighted by Crippen LogP contribution is -2.00. The maximum Gasteiger partial charge on any atom is 0.354 e. The van der Waals surface area contributed by atoms with Crippen LogP contribution >= 0.6 is 15.9 Å². The van der Waals surface area contributed by atoms with E-state index in [1.165, 1.54) is 6.07 Å². The lowest BCUT2D eigenvalue weighted by molar-refractivity contribution is 0.0689. The largest absolute Gasteiger partial charge is 0.477 e. The van der Waals surface area contributed by atoms with Gasteiger partial charge in [-0.15, -0.1) is 0 Å². The van der Waals surface area contributed by atoms with Crippen molar-refractivity contribution in [1.29, 1.82) is 0 Å². The number of aromatic carboxylic acids is 1. The number of halogens is 1. The van der Waals surface area contributed by atoms with Gasteiger partial charge in [0.05, 0.1) is 0 Å². The minimum absolute atomic E-state index is 0.0442. The maximum atomic E-state index is 10.9. The number of aromatic nitrogens is 1. The lowest BCUT2D eigenvalue weighted by Gasteiger charge is -2.07. The molecule has 0 aliphatic heterocycles. The number of carboxylic acids is 1. The van der Waals surface area contributed by atoms with Crippen LogP contribution in [0.1, 0.15) is 10.5 Å². The van der Waals surface area contributed by atoms with Crippen LogP contribution < -0.4 is 4.74 Å². The number of pyridine rings is 1. The summed E-state index contributed by atoms with van der Waals surface area (Å²) >= 11 is 3.43. The highest BCUT2D eigenvalue weighted by atomic mass is 79.9. The predicted molar refractivity (Wildman–Crippen MR) is 82.9 cm³/mol. The van der Waals surface area contributed by atoms with E-state index in [9.17, 15) is 4.79 Å². The molecule has 0 amide bonds. The Hall–Kier alpha value is -2.40. The Morgan fingerprint density at radius 3 is 2.62 bits per heavy atom. The molecule has 104 valence electrons. The Balaban J connectivity index is 1.92. The molecule has 1 heterocycles. The van der Waals surface area contributed by atoms with Crippen LogP contribution in [-0.2, 0) is 0 Å². The summed E-state index contributed by atoms with van der Waals surface area (Å²) in [5.74, 6) is -0.213. The summed E-state index contributed by atoms with van der Waals surface area (Å²) in [6, 6.07) is 16.2. The fourth-order valence-corrected chi connectivity index (χ4v) is 2.35. The van der Waals surface area contributed by atoms with Gasteiger partial charge < -0.3 is 9.84 Å². The molecule has 0 radical (unpaired) electrons. The average Bonchev–Trinajstić information content (AvgIpc) is 2.48. The third-order valence-corrected chi connectivity index (χ3v) is 3.43. The molecule has 0 aliphatic carbocycles. The van der Waals surface area contributed by atoms with Crippen LogP contribution in [0.3, 0.4) is 0 Å². The van der Waals surface area contributed by atoms with Crippen molar-refractivity contribution in [3.63, 3.8) is 0 Å². The third-order valence-electron chi connectivity index (χ3n) is 2.94. The van der Waals surface area contributed by atoms with E-state index in [1.54, 1.807) is 12.1 Å². The summed E-state index contributed by atoms with van der Waals surface area (Å²) in [6.45, 7) is 0. The van der Waals surface area contributed by atoms with Crippen molar-refractivity contribution >= 4 is 32.7 Å². The number of rotatable bonds is 3. The summed E-state index contributed by atoms with van der Waals surface area (Å²) < 4.78 is 6.63. The number of benzene rings is 2. The topological polar surface area (TPSA) is 59.4 Å². The van der Waals surface area contributed by atoms with Gasteiger partial charge in [-0.2, -0.15) is 0 Å². The molecule has 0 atom stereocenters. The van der Waals surface area contributed by atoms with E-state index in [4.69, 9.17) is 9.84 Å². The van der Waals surface area contributed by atoms with Crippen molar-refractivity contribution < 1.29 is 14.6 Å². The smallest absolute Gasteiger partial charge is 0.354 e. The molecule has 4 nitrogen and oxygen atoms in total. The van der Waals surface area contributed by atoms with Crippen molar-refractivity contribution in [3.05, 3.63) is 64.8 Å². The van der Waals surface area contributed by atoms with Crippen molar-refractivity contribution in [1.82, 2.24) is 4.98 Å². The van der Waals surface area contributed by atoms with E-state index >= 15 is 0 Å². The molecule has 0 spiro atoms. The SMILES string of the molecule is O=C(O)c1cccc(Oc2ccc3cc(Br)ccc3c2)n1. The molecule has 0 unspecified atom stereocenters. The lowest BCUT2D eigenvalue weighted by atomic mass is 10.1. The number of hydrogen-bond donors (Lipinski definition) is 1. The van der Waals surface area contributed by atoms with Crippen LogP contribution in [0.25, 0.3) is 10.8 Å². The first kappa shape index (κ1) is 13.6. The minimum atomic E-state index is -1.08. The number of nitrogens with zero attached hydrogens (tertiary/aromatic N) is 1. The molecule has 3 rings (SSSR count). The second kappa shape index (κ2) is 5.54. The monoisotopic (exact) mass is 343 g/mol. The first-order valence-corrected chi connectivity index (χ1v) is 6.99. The van der Waals surface area contributed by atoms with E-state index < -0.39 is 5.97 Å². The Morgan fingerprint density at radius 2 is 1.81 bits per heavy atom. The van der Waals surface area contributed by atoms with Crippen molar-refractivity contribution in [3.8, 4) is 11.6 Å². The van der Waals surface area contributed by atoms with Crippen LogP contribution in [0.15, 0.2) is 59.1 Å². The molecular weight excluding hydrogens is 334 g/mol. The van der Waals surface area contributed by atoms with Gasteiger partial charge in [-0.05, 0) is 41.1 Å². The van der Waals surface area contributed by atoms with E-state index in [1.807, 2.05) is 36.4 Å². The van der Waals surface area contributed by atoms with Crippen LogP contribution in [0.2, 0.25) is 0 Å². The van der Waals surface area contributed by atoms with Gasteiger partial charge >= 0.3 is 5.97 Å². The highest BCUT2D eigenvalue weighted by Gasteiger charge is 2.07. The third kappa shape index (κ3) is 3.03. The molecule has 0 saturated heterocycles. The molecule has 2 aromatic carbocycles. The summed E-state index contributed by atoms with van der Waals surface area (Å²) in [5.41, 5.74) is -0.0442. The quantitative estimate of drug-likeness (QED) is 0.761. The van der Waals surface area contributed by atoms with E-state index in [-0.39, 0.29) is 11.6 Å². The molecule has 21 heavy (non-hydrogen) atoms. The van der Waals surface area contributed by atoms with Gasteiger partial charge in [0.1, 0.15) is 5.75 Å². The molecule has 0 aliphatic rings. The van der Waals surface area contributed by atoms with E-state index in [2.05, 4.69) is 20.9 Å². The van der Waals surface area contributed by atoms with Gasteiger partial charge in [-0.1, -0.05) is 34.1 Å². The van der Waals surface area contributed by atoms with Crippen molar-refractivity contribution in [2.45, 2.75) is 0 Å². The van der Waals surface area contributed by atoms with Crippen LogP contribution in [0.4, 0.5) is 0 Å². The van der Waals surface area contributed by atoms with Crippen molar-refractivity contribution in [2.75, 3.05) is 0 Å². The van der Waals surface area contributed by atoms with Gasteiger partial charge in [0.2, 0.25) is 5.88 Å². The fraction of sp³-hybridized carbons (Fsp3) is 0. The summed E-state index contributed by atoms with van der Waals surface area (Å²) in [6.07, 6.45) is 0. The fourth-order valence-electron chi connectivity index (χ4n) is 1.97. The molecule has 1 N–H and O–H groups in total. The van der Waals surface area contributed by atoms with Gasteiger partial charge in [0, 0.05) is 10.5 Å². The Morgan fingerprint density at radius 1 is 1.05 bits per heavy atom. The highest BCUT2D eigenvalue weighted by molar-refractivity contribution is 9.10. The van der Waals surface area contributed by atoms with Gasteiger partial charge in [-0.3, -0.25) is 0 Å². The Bertz CT molecular complexity index is 833. The summed E-state index contributed by atoms with van der Waals surface area (Å²) in [4.78, 5) is 14.8. The Kier molecular flexibility index (Phi) is 3.58. The maximum absolute atomic E-state index is 10.9. The first-order valence-electron chi connectivity index (χ1n) is 6.19. The number of hydrogen-bond acceptors (Lipinski definition) is 3. The minimum Gasteiger partial charge on any atom is -0.477 e. The highest BCUT2D eigenvalue weighted by Crippen LogP contribution is 2.26. The van der Waals surface area contributed by atoms with Crippen molar-refractivity contribution in [2.24, 2.45) is 0 Å². The predicted octanol–water partition coefficient (Wildman–Crippen LogP) is 4.49. The molecule has 0 fully saturated rings. The van der Waals surface area contributed by atoms with E-state index in [0.29, 0.717) is 5.75 Å². The normalized spacial score (nSPS) is 10.5. The van der Waals surface area contributed by atoms with Crippen LogP contribution in [0, 0.1) is 0 Å². The second-order valence-corrected chi connectivity index (χ2v) is 5.34. The number of ether oxygens (including phenoxy) is 1. The number of carbonyl (C=O) groups is 1. The molecule has 5 heteroatoms. The average molecular weight is 344 g/mol. The van der Waals surface area contributed by atoms with Gasteiger partial charge in [0.25, 0.3) is 0 Å². The molecule has 3 aromatic rings. The van der Waals surface area contributed by atoms with Crippen LogP contribution in [-0.4, -0.2) is 16.1 Å². The molecule has 0 saturated carbocycles. The van der Waals surface area contributed by atoms with Crippen LogP contribution in [0.5, 0.6) is 11.6 Å². The molecule has 1 aromatic heterocycles. The van der Waals surface area contributed by atoms with E-state index in [0.717, 1.165) is 15.2 Å². The Labute approximate surface area is 129 Å². The number of fused-ring (bicyclic) bond motifs is 1. The molecular formula is C16H10BrNO3. The second-order valence-electron chi connectivity index (χ2n) is 4.42.